The third kappa shape index (κ3) is 3.92. The van der Waals surface area contributed by atoms with Crippen molar-refractivity contribution in [2.24, 2.45) is 0 Å². The lowest BCUT2D eigenvalue weighted by Gasteiger charge is -2.25. The molecule has 100 valence electrons. The van der Waals surface area contributed by atoms with Crippen molar-refractivity contribution in [3.05, 3.63) is 28.2 Å². The minimum atomic E-state index is 0.0165. The number of carbonyl (C=O) groups is 1. The lowest BCUT2D eigenvalue weighted by atomic mass is 10.1. The topological polar surface area (TPSA) is 46.3 Å². The van der Waals surface area contributed by atoms with E-state index in [1.807, 2.05) is 13.1 Å². The molecular weight excluding hydrogens is 312 g/mol. The minimum absolute atomic E-state index is 0.0165. The van der Waals surface area contributed by atoms with Gasteiger partial charge in [-0.1, -0.05) is 0 Å². The molecule has 1 atom stereocenters. The van der Waals surface area contributed by atoms with Crippen molar-refractivity contribution in [1.82, 2.24) is 4.90 Å². The number of nitrogens with zero attached hydrogens (tertiary/aromatic N) is 1. The SMILES string of the molecule is CSCCC(C)N(C)C(=O)c1ccc(Br)c(N)c1. The molecule has 0 aliphatic rings. The monoisotopic (exact) mass is 330 g/mol. The number of nitrogen functional groups attached to an aromatic ring is 1. The number of nitrogens with two attached hydrogens (primary N) is 1. The zero-order chi connectivity index (χ0) is 13.7. The highest BCUT2D eigenvalue weighted by atomic mass is 79.9. The Hall–Kier alpha value is -0.680. The van der Waals surface area contributed by atoms with Crippen molar-refractivity contribution in [3.8, 4) is 0 Å². The smallest absolute Gasteiger partial charge is 0.253 e. The van der Waals surface area contributed by atoms with Crippen LogP contribution >= 0.6 is 27.7 Å². The summed E-state index contributed by atoms with van der Waals surface area (Å²) < 4.78 is 0.817. The molecule has 18 heavy (non-hydrogen) atoms. The van der Waals surface area contributed by atoms with Crippen LogP contribution in [0.5, 0.6) is 0 Å². The van der Waals surface area contributed by atoms with Crippen LogP contribution < -0.4 is 5.73 Å². The summed E-state index contributed by atoms with van der Waals surface area (Å²) in [6.07, 6.45) is 3.07. The Balaban J connectivity index is 2.76. The normalized spacial score (nSPS) is 12.2. The van der Waals surface area contributed by atoms with E-state index in [1.165, 1.54) is 0 Å². The molecule has 0 aromatic heterocycles. The number of halogens is 1. The summed E-state index contributed by atoms with van der Waals surface area (Å²) in [5, 5.41) is 0. The predicted octanol–water partition coefficient (Wildman–Crippen LogP) is 3.24. The van der Waals surface area contributed by atoms with Gasteiger partial charge in [0.2, 0.25) is 0 Å². The molecule has 0 aliphatic carbocycles. The summed E-state index contributed by atoms with van der Waals surface area (Å²) in [5.41, 5.74) is 7.02. The quantitative estimate of drug-likeness (QED) is 0.843. The van der Waals surface area contributed by atoms with Gasteiger partial charge in [-0.25, -0.2) is 0 Å². The zero-order valence-electron chi connectivity index (χ0n) is 10.9. The number of benzene rings is 1. The number of rotatable bonds is 5. The van der Waals surface area contributed by atoms with Crippen molar-refractivity contribution in [1.29, 1.82) is 0 Å². The molecule has 3 nitrogen and oxygen atoms in total. The van der Waals surface area contributed by atoms with E-state index in [0.717, 1.165) is 16.6 Å². The summed E-state index contributed by atoms with van der Waals surface area (Å²) in [4.78, 5) is 14.0. The van der Waals surface area contributed by atoms with E-state index in [1.54, 1.807) is 28.8 Å². The molecule has 1 unspecified atom stereocenters. The molecule has 0 bridgehead atoms. The largest absolute Gasteiger partial charge is 0.398 e. The number of anilines is 1. The van der Waals surface area contributed by atoms with Crippen LogP contribution in [0.25, 0.3) is 0 Å². The summed E-state index contributed by atoms with van der Waals surface area (Å²) in [6, 6.07) is 5.54. The Bertz CT molecular complexity index is 425. The molecule has 0 radical (unpaired) electrons. The van der Waals surface area contributed by atoms with Gasteiger partial charge >= 0.3 is 0 Å². The summed E-state index contributed by atoms with van der Waals surface area (Å²) in [5.74, 6) is 1.07. The second kappa shape index (κ2) is 7.04. The fraction of sp³-hybridized carbons (Fsp3) is 0.462. The van der Waals surface area contributed by atoms with E-state index in [2.05, 4.69) is 29.1 Å². The van der Waals surface area contributed by atoms with Crippen LogP contribution in [0.1, 0.15) is 23.7 Å². The molecule has 0 spiro atoms. The van der Waals surface area contributed by atoms with Crippen molar-refractivity contribution in [3.63, 3.8) is 0 Å². The van der Waals surface area contributed by atoms with Gasteiger partial charge in [0.1, 0.15) is 0 Å². The summed E-state index contributed by atoms with van der Waals surface area (Å²) >= 11 is 5.12. The zero-order valence-corrected chi connectivity index (χ0v) is 13.3. The van der Waals surface area contributed by atoms with Gasteiger partial charge in [-0.2, -0.15) is 11.8 Å². The third-order valence-electron chi connectivity index (χ3n) is 2.96. The van der Waals surface area contributed by atoms with E-state index >= 15 is 0 Å². The van der Waals surface area contributed by atoms with Crippen LogP contribution in [0.2, 0.25) is 0 Å². The van der Waals surface area contributed by atoms with Crippen molar-refractivity contribution < 1.29 is 4.79 Å². The molecule has 1 rings (SSSR count). The first-order valence-corrected chi connectivity index (χ1v) is 7.97. The minimum Gasteiger partial charge on any atom is -0.398 e. The van der Waals surface area contributed by atoms with Gasteiger partial charge in [-0.05, 0) is 59.5 Å². The fourth-order valence-electron chi connectivity index (χ4n) is 1.56. The Kier molecular flexibility index (Phi) is 6.02. The van der Waals surface area contributed by atoms with E-state index in [9.17, 15) is 4.79 Å². The maximum Gasteiger partial charge on any atom is 0.253 e. The van der Waals surface area contributed by atoms with Gasteiger partial charge in [0.15, 0.2) is 0 Å². The lowest BCUT2D eigenvalue weighted by Crippen LogP contribution is -2.35. The second-order valence-corrected chi connectivity index (χ2v) is 6.12. The van der Waals surface area contributed by atoms with Crippen molar-refractivity contribution >= 4 is 39.3 Å². The Morgan fingerprint density at radius 3 is 2.78 bits per heavy atom. The van der Waals surface area contributed by atoms with Gasteiger partial charge in [0, 0.05) is 28.8 Å². The van der Waals surface area contributed by atoms with Crippen LogP contribution in [0.4, 0.5) is 5.69 Å². The number of hydrogen-bond donors (Lipinski definition) is 1. The van der Waals surface area contributed by atoms with Gasteiger partial charge in [0.25, 0.3) is 5.91 Å². The molecule has 1 aromatic carbocycles. The van der Waals surface area contributed by atoms with Crippen molar-refractivity contribution in [2.75, 3.05) is 24.8 Å². The first kappa shape index (κ1) is 15.4. The Labute approximate surface area is 121 Å². The van der Waals surface area contributed by atoms with E-state index in [4.69, 9.17) is 5.73 Å². The van der Waals surface area contributed by atoms with Crippen molar-refractivity contribution in [2.45, 2.75) is 19.4 Å². The number of thioether (sulfide) groups is 1. The molecule has 0 saturated heterocycles. The highest BCUT2D eigenvalue weighted by molar-refractivity contribution is 9.10. The van der Waals surface area contributed by atoms with E-state index < -0.39 is 0 Å². The van der Waals surface area contributed by atoms with Crippen LogP contribution in [-0.2, 0) is 0 Å². The van der Waals surface area contributed by atoms with Gasteiger partial charge in [0.05, 0.1) is 0 Å². The average molecular weight is 331 g/mol. The highest BCUT2D eigenvalue weighted by Gasteiger charge is 2.17. The molecule has 0 saturated carbocycles. The standard InChI is InChI=1S/C13H19BrN2OS/c1-9(6-7-18-3)16(2)13(17)10-4-5-11(14)12(15)8-10/h4-5,8-9H,6-7,15H2,1-3H3. The molecule has 0 heterocycles. The van der Waals surface area contributed by atoms with E-state index in [0.29, 0.717) is 11.3 Å². The number of carbonyl (C=O) groups excluding carboxylic acids is 1. The Morgan fingerprint density at radius 1 is 1.56 bits per heavy atom. The molecule has 1 aromatic rings. The summed E-state index contributed by atoms with van der Waals surface area (Å²) in [6.45, 7) is 2.07. The predicted molar refractivity (Wildman–Crippen MR) is 83.1 cm³/mol. The maximum atomic E-state index is 12.3. The van der Waals surface area contributed by atoms with E-state index in [-0.39, 0.29) is 11.9 Å². The number of amides is 1. The van der Waals surface area contributed by atoms with Crippen LogP contribution in [0.3, 0.4) is 0 Å². The van der Waals surface area contributed by atoms with Crippen LogP contribution in [0.15, 0.2) is 22.7 Å². The second-order valence-electron chi connectivity index (χ2n) is 4.28. The maximum absolute atomic E-state index is 12.3. The molecule has 2 N–H and O–H groups in total. The highest BCUT2D eigenvalue weighted by Crippen LogP contribution is 2.21. The van der Waals surface area contributed by atoms with Gasteiger partial charge in [-0.3, -0.25) is 4.79 Å². The van der Waals surface area contributed by atoms with Gasteiger partial charge in [-0.15, -0.1) is 0 Å². The Morgan fingerprint density at radius 2 is 2.22 bits per heavy atom. The summed E-state index contributed by atoms with van der Waals surface area (Å²) in [7, 11) is 1.84. The average Bonchev–Trinajstić information content (AvgIpc) is 2.37. The third-order valence-corrected chi connectivity index (χ3v) is 4.33. The molecule has 1 amide bonds. The first-order chi connectivity index (χ1) is 8.47. The number of hydrogen-bond acceptors (Lipinski definition) is 3. The molecule has 0 aliphatic heterocycles. The van der Waals surface area contributed by atoms with Crippen LogP contribution in [0, 0.1) is 0 Å². The van der Waals surface area contributed by atoms with Crippen LogP contribution in [-0.4, -0.2) is 35.9 Å². The first-order valence-electron chi connectivity index (χ1n) is 5.78. The molecule has 0 fully saturated rings. The lowest BCUT2D eigenvalue weighted by molar-refractivity contribution is 0.0741. The van der Waals surface area contributed by atoms with Gasteiger partial charge < -0.3 is 10.6 Å². The molecule has 5 heteroatoms. The molecular formula is C13H19BrN2OS. The fourth-order valence-corrected chi connectivity index (χ4v) is 2.39.